The lowest BCUT2D eigenvalue weighted by atomic mass is 10.2. The SMILES string of the molecule is COc1cccc(-n2nnc(C(=O)Nc3ccc(F)c(-n4nnnc4C)c3)c2C)c1. The summed E-state index contributed by atoms with van der Waals surface area (Å²) in [7, 11) is 1.57. The van der Waals surface area contributed by atoms with Gasteiger partial charge in [-0.05, 0) is 54.6 Å². The Hall–Kier alpha value is -4.15. The van der Waals surface area contributed by atoms with Crippen LogP contribution in [0.3, 0.4) is 0 Å². The quantitative estimate of drug-likeness (QED) is 0.539. The predicted molar refractivity (Wildman–Crippen MR) is 104 cm³/mol. The number of carbonyl (C=O) groups is 1. The highest BCUT2D eigenvalue weighted by atomic mass is 19.1. The third-order valence-corrected chi connectivity index (χ3v) is 4.47. The number of nitrogens with one attached hydrogen (secondary N) is 1. The van der Waals surface area contributed by atoms with Gasteiger partial charge < -0.3 is 10.1 Å². The lowest BCUT2D eigenvalue weighted by molar-refractivity contribution is 0.102. The number of carbonyl (C=O) groups excluding carboxylic acids is 1. The van der Waals surface area contributed by atoms with E-state index in [0.29, 0.717) is 28.6 Å². The number of ether oxygens (including phenoxy) is 1. The van der Waals surface area contributed by atoms with Crippen LogP contribution in [0.2, 0.25) is 0 Å². The Balaban J connectivity index is 1.61. The molecule has 2 aromatic heterocycles. The third kappa shape index (κ3) is 3.48. The van der Waals surface area contributed by atoms with E-state index in [1.807, 2.05) is 18.2 Å². The second-order valence-corrected chi connectivity index (χ2v) is 6.39. The molecule has 152 valence electrons. The molecule has 0 bridgehead atoms. The van der Waals surface area contributed by atoms with Crippen molar-refractivity contribution in [3.8, 4) is 17.1 Å². The van der Waals surface area contributed by atoms with Gasteiger partial charge in [0.25, 0.3) is 5.91 Å². The summed E-state index contributed by atoms with van der Waals surface area (Å²) in [5, 5.41) is 21.8. The predicted octanol–water partition coefficient (Wildman–Crippen LogP) is 2.26. The number of rotatable bonds is 5. The molecule has 1 amide bonds. The molecule has 0 unspecified atom stereocenters. The highest BCUT2D eigenvalue weighted by Crippen LogP contribution is 2.21. The minimum Gasteiger partial charge on any atom is -0.497 e. The Morgan fingerprint density at radius 3 is 2.63 bits per heavy atom. The second-order valence-electron chi connectivity index (χ2n) is 6.39. The number of amides is 1. The highest BCUT2D eigenvalue weighted by molar-refractivity contribution is 6.03. The second kappa shape index (κ2) is 7.70. The summed E-state index contributed by atoms with van der Waals surface area (Å²) in [6, 6.07) is 11.3. The van der Waals surface area contributed by atoms with Crippen LogP contribution in [0.15, 0.2) is 42.5 Å². The van der Waals surface area contributed by atoms with Gasteiger partial charge in [-0.15, -0.1) is 10.2 Å². The summed E-state index contributed by atoms with van der Waals surface area (Å²) < 4.78 is 22.2. The van der Waals surface area contributed by atoms with Crippen LogP contribution in [0, 0.1) is 19.7 Å². The van der Waals surface area contributed by atoms with Gasteiger partial charge >= 0.3 is 0 Å². The third-order valence-electron chi connectivity index (χ3n) is 4.47. The van der Waals surface area contributed by atoms with Crippen molar-refractivity contribution in [1.29, 1.82) is 0 Å². The van der Waals surface area contributed by atoms with E-state index in [9.17, 15) is 9.18 Å². The van der Waals surface area contributed by atoms with Crippen LogP contribution in [-0.4, -0.2) is 48.2 Å². The number of aromatic nitrogens is 7. The first kappa shape index (κ1) is 19.2. The zero-order valence-corrected chi connectivity index (χ0v) is 16.4. The Kier molecular flexibility index (Phi) is 4.92. The van der Waals surface area contributed by atoms with Crippen molar-refractivity contribution < 1.29 is 13.9 Å². The number of benzene rings is 2. The maximum absolute atomic E-state index is 14.2. The molecular formula is C19H17FN8O2. The Morgan fingerprint density at radius 1 is 1.07 bits per heavy atom. The van der Waals surface area contributed by atoms with Gasteiger partial charge in [-0.3, -0.25) is 4.79 Å². The Labute approximate surface area is 170 Å². The molecule has 0 aliphatic heterocycles. The van der Waals surface area contributed by atoms with Gasteiger partial charge in [-0.2, -0.15) is 4.68 Å². The summed E-state index contributed by atoms with van der Waals surface area (Å²) in [6.45, 7) is 3.37. The van der Waals surface area contributed by atoms with Crippen molar-refractivity contribution in [1.82, 2.24) is 35.2 Å². The summed E-state index contributed by atoms with van der Waals surface area (Å²) in [6.07, 6.45) is 0. The molecule has 0 spiro atoms. The van der Waals surface area contributed by atoms with Crippen LogP contribution in [0.1, 0.15) is 22.0 Å². The zero-order valence-electron chi connectivity index (χ0n) is 16.4. The number of anilines is 1. The Bertz CT molecular complexity index is 1230. The van der Waals surface area contributed by atoms with E-state index in [1.54, 1.807) is 27.0 Å². The van der Waals surface area contributed by atoms with Crippen molar-refractivity contribution in [2.45, 2.75) is 13.8 Å². The first-order valence-electron chi connectivity index (χ1n) is 8.91. The number of hydrogen-bond acceptors (Lipinski definition) is 7. The first-order chi connectivity index (χ1) is 14.5. The van der Waals surface area contributed by atoms with E-state index >= 15 is 0 Å². The zero-order chi connectivity index (χ0) is 21.3. The standard InChI is InChI=1S/C19H17FN8O2/c1-11-18(23-25-27(11)14-5-4-6-15(10-14)30-3)19(29)21-13-7-8-16(20)17(9-13)28-12(2)22-24-26-28/h4-10H,1-3H3,(H,21,29). The molecule has 0 saturated carbocycles. The van der Waals surface area contributed by atoms with Crippen LogP contribution in [0.5, 0.6) is 5.75 Å². The molecule has 1 N–H and O–H groups in total. The maximum atomic E-state index is 14.2. The van der Waals surface area contributed by atoms with Gasteiger partial charge in [-0.25, -0.2) is 9.07 Å². The fourth-order valence-electron chi connectivity index (χ4n) is 2.92. The van der Waals surface area contributed by atoms with E-state index in [4.69, 9.17) is 4.74 Å². The van der Waals surface area contributed by atoms with E-state index in [2.05, 4.69) is 31.2 Å². The van der Waals surface area contributed by atoms with Crippen LogP contribution >= 0.6 is 0 Å². The van der Waals surface area contributed by atoms with Gasteiger partial charge in [-0.1, -0.05) is 11.3 Å². The average Bonchev–Trinajstić information content (AvgIpc) is 3.35. The molecule has 2 aromatic carbocycles. The lowest BCUT2D eigenvalue weighted by Gasteiger charge is -2.09. The summed E-state index contributed by atoms with van der Waals surface area (Å²) in [5.74, 6) is 0.0655. The molecule has 4 rings (SSSR count). The topological polar surface area (TPSA) is 113 Å². The molecule has 0 saturated heterocycles. The maximum Gasteiger partial charge on any atom is 0.278 e. The molecular weight excluding hydrogens is 391 g/mol. The van der Waals surface area contributed by atoms with E-state index in [1.165, 1.54) is 27.6 Å². The number of nitrogens with zero attached hydrogens (tertiary/aromatic N) is 7. The van der Waals surface area contributed by atoms with Crippen LogP contribution in [0.25, 0.3) is 11.4 Å². The van der Waals surface area contributed by atoms with E-state index < -0.39 is 11.7 Å². The number of aryl methyl sites for hydroxylation is 1. The van der Waals surface area contributed by atoms with Gasteiger partial charge in [0.1, 0.15) is 17.3 Å². The monoisotopic (exact) mass is 408 g/mol. The number of tetrazole rings is 1. The van der Waals surface area contributed by atoms with Crippen molar-refractivity contribution in [2.75, 3.05) is 12.4 Å². The normalized spacial score (nSPS) is 10.8. The summed E-state index contributed by atoms with van der Waals surface area (Å²) in [4.78, 5) is 12.8. The molecule has 0 atom stereocenters. The van der Waals surface area contributed by atoms with E-state index in [-0.39, 0.29) is 11.4 Å². The molecule has 4 aromatic rings. The largest absolute Gasteiger partial charge is 0.497 e. The summed E-state index contributed by atoms with van der Waals surface area (Å²) >= 11 is 0. The fourth-order valence-corrected chi connectivity index (χ4v) is 2.92. The van der Waals surface area contributed by atoms with Crippen LogP contribution in [0.4, 0.5) is 10.1 Å². The molecule has 30 heavy (non-hydrogen) atoms. The number of hydrogen-bond donors (Lipinski definition) is 1. The van der Waals surface area contributed by atoms with Crippen molar-refractivity contribution in [2.24, 2.45) is 0 Å². The van der Waals surface area contributed by atoms with Crippen LogP contribution in [-0.2, 0) is 0 Å². The van der Waals surface area contributed by atoms with Gasteiger partial charge in [0.05, 0.1) is 18.5 Å². The van der Waals surface area contributed by atoms with Gasteiger partial charge in [0.15, 0.2) is 11.5 Å². The highest BCUT2D eigenvalue weighted by Gasteiger charge is 2.19. The van der Waals surface area contributed by atoms with Crippen molar-refractivity contribution >= 4 is 11.6 Å². The smallest absolute Gasteiger partial charge is 0.278 e. The molecule has 0 aliphatic carbocycles. The molecule has 0 radical (unpaired) electrons. The van der Waals surface area contributed by atoms with Crippen molar-refractivity contribution in [3.63, 3.8) is 0 Å². The van der Waals surface area contributed by atoms with Crippen LogP contribution < -0.4 is 10.1 Å². The van der Waals surface area contributed by atoms with Crippen molar-refractivity contribution in [3.05, 3.63) is 65.5 Å². The summed E-state index contributed by atoms with van der Waals surface area (Å²) in [5.41, 5.74) is 1.87. The molecule has 10 nitrogen and oxygen atoms in total. The minimum absolute atomic E-state index is 0.118. The van der Waals surface area contributed by atoms with Gasteiger partial charge in [0, 0.05) is 11.8 Å². The lowest BCUT2D eigenvalue weighted by Crippen LogP contribution is -2.15. The number of methoxy groups -OCH3 is 1. The number of halogens is 1. The Morgan fingerprint density at radius 2 is 1.90 bits per heavy atom. The van der Waals surface area contributed by atoms with E-state index in [0.717, 1.165) is 0 Å². The fraction of sp³-hybridized carbons (Fsp3) is 0.158. The molecule has 2 heterocycles. The molecule has 0 fully saturated rings. The van der Waals surface area contributed by atoms with Gasteiger partial charge in [0.2, 0.25) is 0 Å². The first-order valence-corrected chi connectivity index (χ1v) is 8.91. The molecule has 11 heteroatoms. The minimum atomic E-state index is -0.524. The molecule has 0 aliphatic rings. The average molecular weight is 408 g/mol.